The average Bonchev–Trinajstić information content (AvgIpc) is 2.95. The van der Waals surface area contributed by atoms with E-state index in [9.17, 15) is 4.79 Å². The molecule has 0 bridgehead atoms. The Morgan fingerprint density at radius 3 is 2.58 bits per heavy atom. The summed E-state index contributed by atoms with van der Waals surface area (Å²) in [5.41, 5.74) is 3.06. The topological polar surface area (TPSA) is 32.3 Å². The van der Waals surface area contributed by atoms with Crippen molar-refractivity contribution in [2.75, 3.05) is 18.9 Å². The standard InChI is InChI=1S/C18H17Cl3N2O/c1-23(16-7-6-11-4-2-3-5-13(11)16)10-17(24)22-18-14(20)8-12(19)9-15(18)21/h2-5,8-9,16H,6-7,10H2,1H3,(H,22,24)/t16-/m0/s1. The largest absolute Gasteiger partial charge is 0.322 e. The van der Waals surface area contributed by atoms with Gasteiger partial charge < -0.3 is 5.32 Å². The number of nitrogens with zero attached hydrogens (tertiary/aromatic N) is 1. The molecule has 3 nitrogen and oxygen atoms in total. The normalized spacial score (nSPS) is 16.3. The quantitative estimate of drug-likeness (QED) is 0.786. The highest BCUT2D eigenvalue weighted by Crippen LogP contribution is 2.35. The van der Waals surface area contributed by atoms with Crippen molar-refractivity contribution in [3.8, 4) is 0 Å². The van der Waals surface area contributed by atoms with Crippen molar-refractivity contribution in [3.05, 3.63) is 62.6 Å². The van der Waals surface area contributed by atoms with Crippen LogP contribution < -0.4 is 5.32 Å². The zero-order chi connectivity index (χ0) is 17.3. The third-order valence-corrected chi connectivity index (χ3v) is 5.11. The Bertz CT molecular complexity index is 756. The summed E-state index contributed by atoms with van der Waals surface area (Å²) in [7, 11) is 1.96. The van der Waals surface area contributed by atoms with Gasteiger partial charge in [-0.3, -0.25) is 9.69 Å². The van der Waals surface area contributed by atoms with Crippen LogP contribution in [0, 0.1) is 0 Å². The van der Waals surface area contributed by atoms with Crippen LogP contribution in [0.4, 0.5) is 5.69 Å². The molecule has 0 spiro atoms. The van der Waals surface area contributed by atoms with Gasteiger partial charge in [0.05, 0.1) is 22.3 Å². The number of carbonyl (C=O) groups is 1. The van der Waals surface area contributed by atoms with Crippen molar-refractivity contribution in [2.24, 2.45) is 0 Å². The molecule has 1 N–H and O–H groups in total. The first-order valence-electron chi connectivity index (χ1n) is 7.68. The number of halogens is 3. The molecule has 3 rings (SSSR count). The molecule has 0 unspecified atom stereocenters. The highest BCUT2D eigenvalue weighted by molar-refractivity contribution is 6.42. The van der Waals surface area contributed by atoms with Crippen molar-refractivity contribution in [2.45, 2.75) is 18.9 Å². The van der Waals surface area contributed by atoms with Crippen LogP contribution in [0.3, 0.4) is 0 Å². The molecule has 0 radical (unpaired) electrons. The molecule has 24 heavy (non-hydrogen) atoms. The summed E-state index contributed by atoms with van der Waals surface area (Å²) < 4.78 is 0. The van der Waals surface area contributed by atoms with Crippen LogP contribution in [-0.4, -0.2) is 24.4 Å². The summed E-state index contributed by atoms with van der Waals surface area (Å²) in [6, 6.07) is 11.7. The Kier molecular flexibility index (Phi) is 5.36. The highest BCUT2D eigenvalue weighted by atomic mass is 35.5. The van der Waals surface area contributed by atoms with E-state index in [-0.39, 0.29) is 18.5 Å². The summed E-state index contributed by atoms with van der Waals surface area (Å²) in [4.78, 5) is 14.4. The molecule has 0 heterocycles. The van der Waals surface area contributed by atoms with Crippen LogP contribution in [0.15, 0.2) is 36.4 Å². The molecule has 0 saturated heterocycles. The van der Waals surface area contributed by atoms with E-state index >= 15 is 0 Å². The van der Waals surface area contributed by atoms with Crippen LogP contribution >= 0.6 is 34.8 Å². The summed E-state index contributed by atoms with van der Waals surface area (Å²) in [6.07, 6.45) is 2.06. The molecule has 0 aromatic heterocycles. The molecule has 2 aromatic carbocycles. The number of rotatable bonds is 4. The third-order valence-electron chi connectivity index (χ3n) is 4.30. The summed E-state index contributed by atoms with van der Waals surface area (Å²) in [6.45, 7) is 0.258. The van der Waals surface area contributed by atoms with Crippen LogP contribution in [-0.2, 0) is 11.2 Å². The van der Waals surface area contributed by atoms with Crippen LogP contribution in [0.2, 0.25) is 15.1 Å². The maximum absolute atomic E-state index is 12.4. The Morgan fingerprint density at radius 1 is 1.21 bits per heavy atom. The lowest BCUT2D eigenvalue weighted by Crippen LogP contribution is -2.32. The molecule has 2 aromatic rings. The van der Waals surface area contributed by atoms with E-state index in [1.165, 1.54) is 11.1 Å². The number of benzene rings is 2. The van der Waals surface area contributed by atoms with Crippen molar-refractivity contribution >= 4 is 46.4 Å². The molecule has 1 aliphatic rings. The van der Waals surface area contributed by atoms with Gasteiger partial charge in [-0.1, -0.05) is 59.1 Å². The van der Waals surface area contributed by atoms with Gasteiger partial charge in [0, 0.05) is 11.1 Å². The fraction of sp³-hybridized carbons (Fsp3) is 0.278. The highest BCUT2D eigenvalue weighted by Gasteiger charge is 2.26. The van der Waals surface area contributed by atoms with Gasteiger partial charge in [0.15, 0.2) is 0 Å². The molecule has 126 valence electrons. The van der Waals surface area contributed by atoms with E-state index in [0.717, 1.165) is 12.8 Å². The van der Waals surface area contributed by atoms with Crippen molar-refractivity contribution in [1.29, 1.82) is 0 Å². The number of fused-ring (bicyclic) bond motifs is 1. The fourth-order valence-electron chi connectivity index (χ4n) is 3.17. The average molecular weight is 384 g/mol. The van der Waals surface area contributed by atoms with E-state index in [2.05, 4.69) is 28.4 Å². The van der Waals surface area contributed by atoms with E-state index in [1.54, 1.807) is 12.1 Å². The maximum Gasteiger partial charge on any atom is 0.238 e. The smallest absolute Gasteiger partial charge is 0.238 e. The summed E-state index contributed by atoms with van der Waals surface area (Å²) in [5, 5.41) is 3.87. The van der Waals surface area contributed by atoms with Gasteiger partial charge in [-0.2, -0.15) is 0 Å². The number of hydrogen-bond donors (Lipinski definition) is 1. The van der Waals surface area contributed by atoms with E-state index in [4.69, 9.17) is 34.8 Å². The minimum atomic E-state index is -0.159. The lowest BCUT2D eigenvalue weighted by atomic mass is 10.1. The number of nitrogens with one attached hydrogen (secondary N) is 1. The molecule has 0 aliphatic heterocycles. The van der Waals surface area contributed by atoms with Crippen molar-refractivity contribution in [3.63, 3.8) is 0 Å². The van der Waals surface area contributed by atoms with Gasteiger partial charge >= 0.3 is 0 Å². The lowest BCUT2D eigenvalue weighted by molar-refractivity contribution is -0.117. The SMILES string of the molecule is CN(CC(=O)Nc1c(Cl)cc(Cl)cc1Cl)[C@H]1CCc2ccccc21. The van der Waals surface area contributed by atoms with Crippen LogP contribution in [0.1, 0.15) is 23.6 Å². The number of hydrogen-bond acceptors (Lipinski definition) is 2. The first kappa shape index (κ1) is 17.6. The molecule has 6 heteroatoms. The molecule has 1 aliphatic carbocycles. The molecular weight excluding hydrogens is 367 g/mol. The number of amides is 1. The van der Waals surface area contributed by atoms with Gasteiger partial charge in [-0.25, -0.2) is 0 Å². The summed E-state index contributed by atoms with van der Waals surface area (Å²) >= 11 is 18.1. The Balaban J connectivity index is 1.68. The van der Waals surface area contributed by atoms with E-state index in [0.29, 0.717) is 20.8 Å². The first-order valence-corrected chi connectivity index (χ1v) is 8.81. The Morgan fingerprint density at radius 2 is 1.88 bits per heavy atom. The summed E-state index contributed by atoms with van der Waals surface area (Å²) in [5.74, 6) is -0.159. The van der Waals surface area contributed by atoms with Gasteiger partial charge in [0.1, 0.15) is 0 Å². The Labute approximate surface area is 156 Å². The van der Waals surface area contributed by atoms with E-state index < -0.39 is 0 Å². The van der Waals surface area contributed by atoms with Gasteiger partial charge in [0.2, 0.25) is 5.91 Å². The minimum absolute atomic E-state index is 0.159. The zero-order valence-electron chi connectivity index (χ0n) is 13.2. The van der Waals surface area contributed by atoms with Gasteiger partial charge in [0.25, 0.3) is 0 Å². The predicted octanol–water partition coefficient (Wildman–Crippen LogP) is 5.20. The second-order valence-electron chi connectivity index (χ2n) is 5.96. The predicted molar refractivity (Wildman–Crippen MR) is 100 cm³/mol. The first-order chi connectivity index (χ1) is 11.5. The van der Waals surface area contributed by atoms with Gasteiger partial charge in [-0.05, 0) is 43.1 Å². The van der Waals surface area contributed by atoms with Gasteiger partial charge in [-0.15, -0.1) is 0 Å². The van der Waals surface area contributed by atoms with Crippen molar-refractivity contribution < 1.29 is 4.79 Å². The third kappa shape index (κ3) is 3.70. The van der Waals surface area contributed by atoms with Crippen LogP contribution in [0.5, 0.6) is 0 Å². The minimum Gasteiger partial charge on any atom is -0.322 e. The number of likely N-dealkylation sites (N-methyl/N-ethyl adjacent to an activating group) is 1. The Hall–Kier alpha value is -1.26. The van der Waals surface area contributed by atoms with E-state index in [1.807, 2.05) is 13.1 Å². The number of aryl methyl sites for hydroxylation is 1. The molecule has 1 amide bonds. The second kappa shape index (κ2) is 7.32. The molecule has 0 saturated carbocycles. The molecular formula is C18H17Cl3N2O. The number of carbonyl (C=O) groups excluding carboxylic acids is 1. The number of anilines is 1. The van der Waals surface area contributed by atoms with Crippen molar-refractivity contribution in [1.82, 2.24) is 4.90 Å². The second-order valence-corrected chi connectivity index (χ2v) is 7.21. The molecule has 1 atom stereocenters. The van der Waals surface area contributed by atoms with Crippen LogP contribution in [0.25, 0.3) is 0 Å². The lowest BCUT2D eigenvalue weighted by Gasteiger charge is -2.24. The molecule has 0 fully saturated rings. The monoisotopic (exact) mass is 382 g/mol. The maximum atomic E-state index is 12.4. The fourth-order valence-corrected chi connectivity index (χ4v) is 4.08. The zero-order valence-corrected chi connectivity index (χ0v) is 15.4.